The zero-order valence-corrected chi connectivity index (χ0v) is 10.0. The van der Waals surface area contributed by atoms with Crippen molar-refractivity contribution in [1.82, 2.24) is 0 Å². The predicted octanol–water partition coefficient (Wildman–Crippen LogP) is 3.35. The van der Waals surface area contributed by atoms with Crippen LogP contribution in [-0.2, 0) is 4.79 Å². The van der Waals surface area contributed by atoms with Gasteiger partial charge in [0.15, 0.2) is 5.62 Å². The van der Waals surface area contributed by atoms with Gasteiger partial charge in [-0.15, -0.1) is 12.6 Å². The molecular formula is C8H6Cl2O2S2. The topological polar surface area (TPSA) is 26.3 Å². The molecular weight excluding hydrogens is 263 g/mol. The molecule has 0 aliphatic heterocycles. The van der Waals surface area contributed by atoms with E-state index in [1.165, 1.54) is 0 Å². The van der Waals surface area contributed by atoms with Crippen LogP contribution < -0.4 is 4.74 Å². The van der Waals surface area contributed by atoms with Gasteiger partial charge in [-0.1, -0.05) is 11.6 Å². The summed E-state index contributed by atoms with van der Waals surface area (Å²) in [5.41, 5.74) is 0.444. The van der Waals surface area contributed by atoms with Crippen LogP contribution >= 0.6 is 48.0 Å². The molecule has 14 heavy (non-hydrogen) atoms. The highest BCUT2D eigenvalue weighted by Crippen LogP contribution is 2.16. The number of halogens is 2. The first kappa shape index (κ1) is 13.7. The molecule has 0 fully saturated rings. The maximum Gasteiger partial charge on any atom is 0.260 e. The molecule has 0 amide bonds. The molecule has 2 nitrogen and oxygen atoms in total. The first-order valence-corrected chi connectivity index (χ1v) is 4.99. The monoisotopic (exact) mass is 268 g/mol. The molecule has 0 radical (unpaired) electrons. The fourth-order valence-corrected chi connectivity index (χ4v) is 0.907. The molecule has 0 aliphatic rings. The molecule has 0 atom stereocenters. The van der Waals surface area contributed by atoms with E-state index in [2.05, 4.69) is 24.8 Å². The minimum atomic E-state index is -0.0210. The SMILES string of the molecule is O=CS.S=C(Cl)Oc1ccc(Cl)cc1. The molecule has 0 saturated carbocycles. The Bertz CT molecular complexity index is 301. The van der Waals surface area contributed by atoms with Crippen molar-refractivity contribution < 1.29 is 9.53 Å². The number of hydrogen-bond acceptors (Lipinski definition) is 3. The number of thiol groups is 1. The molecule has 0 saturated heterocycles. The van der Waals surface area contributed by atoms with Gasteiger partial charge in [0.2, 0.25) is 0 Å². The summed E-state index contributed by atoms with van der Waals surface area (Å²) in [6.45, 7) is 0. The highest BCUT2D eigenvalue weighted by Gasteiger charge is 1.94. The average Bonchev–Trinajstić information content (AvgIpc) is 2.09. The Kier molecular flexibility index (Phi) is 7.89. The molecule has 0 N–H and O–H groups in total. The van der Waals surface area contributed by atoms with Gasteiger partial charge in [-0.05, 0) is 48.1 Å². The lowest BCUT2D eigenvalue weighted by Gasteiger charge is -1.99. The number of benzene rings is 1. The second-order valence-electron chi connectivity index (χ2n) is 1.90. The van der Waals surface area contributed by atoms with Crippen LogP contribution in [0, 0.1) is 0 Å². The third kappa shape index (κ3) is 7.15. The molecule has 6 heteroatoms. The summed E-state index contributed by atoms with van der Waals surface area (Å²) in [6, 6.07) is 6.78. The second kappa shape index (κ2) is 8.05. The Morgan fingerprint density at radius 3 is 2.21 bits per heavy atom. The van der Waals surface area contributed by atoms with E-state index in [-0.39, 0.29) is 4.51 Å². The smallest absolute Gasteiger partial charge is 0.260 e. The molecule has 0 aromatic heterocycles. The van der Waals surface area contributed by atoms with Crippen LogP contribution in [0.2, 0.25) is 5.02 Å². The molecule has 0 bridgehead atoms. The fraction of sp³-hybridized carbons (Fsp3) is 0. The fourth-order valence-electron chi connectivity index (χ4n) is 0.595. The first-order chi connectivity index (χ1) is 6.60. The molecule has 1 aromatic rings. The summed E-state index contributed by atoms with van der Waals surface area (Å²) >= 11 is 18.6. The van der Waals surface area contributed by atoms with E-state index < -0.39 is 0 Å². The molecule has 0 heterocycles. The van der Waals surface area contributed by atoms with Gasteiger partial charge in [-0.2, -0.15) is 0 Å². The van der Waals surface area contributed by atoms with Gasteiger partial charge < -0.3 is 4.74 Å². The maximum absolute atomic E-state index is 8.67. The van der Waals surface area contributed by atoms with Gasteiger partial charge in [-0.3, -0.25) is 4.79 Å². The number of rotatable bonds is 1. The summed E-state index contributed by atoms with van der Waals surface area (Å²) in [5, 5.41) is 0.651. The minimum Gasteiger partial charge on any atom is -0.436 e. The van der Waals surface area contributed by atoms with Crippen LogP contribution in [0.1, 0.15) is 0 Å². The Labute approximate surface area is 103 Å². The lowest BCUT2D eigenvalue weighted by atomic mass is 10.3. The van der Waals surface area contributed by atoms with Crippen molar-refractivity contribution >= 4 is 58.2 Å². The highest BCUT2D eigenvalue weighted by molar-refractivity contribution is 7.94. The number of hydrogen-bond donors (Lipinski definition) is 1. The van der Waals surface area contributed by atoms with E-state index in [9.17, 15) is 0 Å². The van der Waals surface area contributed by atoms with Gasteiger partial charge >= 0.3 is 0 Å². The zero-order chi connectivity index (χ0) is 11.0. The van der Waals surface area contributed by atoms with Crippen molar-refractivity contribution in [2.24, 2.45) is 0 Å². The van der Waals surface area contributed by atoms with Gasteiger partial charge in [0.1, 0.15) is 5.75 Å². The lowest BCUT2D eigenvalue weighted by molar-refractivity contribution is 0.570. The minimum absolute atomic E-state index is 0.0210. The van der Waals surface area contributed by atoms with Gasteiger partial charge in [-0.25, -0.2) is 0 Å². The summed E-state index contributed by atoms with van der Waals surface area (Å²) < 4.78 is 4.89. The molecule has 0 spiro atoms. The maximum atomic E-state index is 8.67. The van der Waals surface area contributed by atoms with Gasteiger partial charge in [0.05, 0.1) is 0 Å². The van der Waals surface area contributed by atoms with E-state index in [1.807, 2.05) is 0 Å². The summed E-state index contributed by atoms with van der Waals surface area (Å²) in [6.07, 6.45) is 0. The van der Waals surface area contributed by atoms with E-state index >= 15 is 0 Å². The van der Waals surface area contributed by atoms with Crippen LogP contribution in [0.5, 0.6) is 5.75 Å². The largest absolute Gasteiger partial charge is 0.436 e. The van der Waals surface area contributed by atoms with Crippen LogP contribution in [0.3, 0.4) is 0 Å². The molecule has 1 rings (SSSR count). The zero-order valence-electron chi connectivity index (χ0n) is 6.81. The van der Waals surface area contributed by atoms with Crippen LogP contribution in [0.15, 0.2) is 24.3 Å². The van der Waals surface area contributed by atoms with Crippen LogP contribution in [0.25, 0.3) is 0 Å². The Morgan fingerprint density at radius 2 is 1.86 bits per heavy atom. The normalized spacial score (nSPS) is 8.21. The molecule has 0 unspecified atom stereocenters. The lowest BCUT2D eigenvalue weighted by Crippen LogP contribution is -1.94. The first-order valence-electron chi connectivity index (χ1n) is 3.31. The second-order valence-corrected chi connectivity index (χ2v) is 3.48. The number of ether oxygens (including phenoxy) is 1. The van der Waals surface area contributed by atoms with Crippen molar-refractivity contribution in [1.29, 1.82) is 0 Å². The predicted molar refractivity (Wildman–Crippen MR) is 66.3 cm³/mol. The summed E-state index contributed by atoms with van der Waals surface area (Å²) in [5.74, 6) is 0.592. The number of thiocarbonyl (C=S) groups is 1. The molecule has 76 valence electrons. The Balaban J connectivity index is 0.000000500. The summed E-state index contributed by atoms with van der Waals surface area (Å²) in [7, 11) is 0. The quantitative estimate of drug-likeness (QED) is 0.366. The standard InChI is InChI=1S/C7H4Cl2OS.CH2OS/c8-5-1-3-6(4-2-5)10-7(9)11;2-1-3/h1-4H;1H,(H,2,3). The van der Waals surface area contributed by atoms with Gasteiger partial charge in [0.25, 0.3) is 4.51 Å². The average molecular weight is 269 g/mol. The van der Waals surface area contributed by atoms with Crippen LogP contribution in [0.4, 0.5) is 0 Å². The van der Waals surface area contributed by atoms with E-state index in [4.69, 9.17) is 32.7 Å². The third-order valence-electron chi connectivity index (χ3n) is 1.01. The highest BCUT2D eigenvalue weighted by atomic mass is 35.5. The van der Waals surface area contributed by atoms with Crippen molar-refractivity contribution in [2.45, 2.75) is 0 Å². The van der Waals surface area contributed by atoms with Crippen molar-refractivity contribution in [3.63, 3.8) is 0 Å². The Morgan fingerprint density at radius 1 is 1.43 bits per heavy atom. The third-order valence-corrected chi connectivity index (χ3v) is 1.42. The van der Waals surface area contributed by atoms with Crippen molar-refractivity contribution in [3.05, 3.63) is 29.3 Å². The van der Waals surface area contributed by atoms with E-state index in [1.54, 1.807) is 24.3 Å². The molecule has 1 aromatic carbocycles. The summed E-state index contributed by atoms with van der Waals surface area (Å²) in [4.78, 5) is 8.67. The number of carbonyl (C=O) groups excluding carboxylic acids is 1. The van der Waals surface area contributed by atoms with Crippen LogP contribution in [-0.4, -0.2) is 10.1 Å². The van der Waals surface area contributed by atoms with E-state index in [0.717, 1.165) is 0 Å². The van der Waals surface area contributed by atoms with Crippen molar-refractivity contribution in [2.75, 3.05) is 0 Å². The van der Waals surface area contributed by atoms with E-state index in [0.29, 0.717) is 16.4 Å². The number of carbonyl (C=O) groups is 1. The molecule has 0 aliphatic carbocycles. The van der Waals surface area contributed by atoms with Gasteiger partial charge in [0, 0.05) is 5.02 Å². The van der Waals surface area contributed by atoms with Crippen molar-refractivity contribution in [3.8, 4) is 5.75 Å². The Hall–Kier alpha value is -0.290.